The second kappa shape index (κ2) is 5.23. The molecule has 0 radical (unpaired) electrons. The lowest BCUT2D eigenvalue weighted by Gasteiger charge is -2.10. The Morgan fingerprint density at radius 3 is 2.61 bits per heavy atom. The summed E-state index contributed by atoms with van der Waals surface area (Å²) >= 11 is 0. The van der Waals surface area contributed by atoms with Gasteiger partial charge in [-0.3, -0.25) is 0 Å². The molecule has 0 saturated carbocycles. The molecule has 1 unspecified atom stereocenters. The number of rotatable bonds is 4. The molecule has 0 spiro atoms. The van der Waals surface area contributed by atoms with Crippen molar-refractivity contribution in [2.45, 2.75) is 26.3 Å². The van der Waals surface area contributed by atoms with E-state index in [2.05, 4.69) is 5.10 Å². The normalized spacial score (nSPS) is 12.4. The summed E-state index contributed by atoms with van der Waals surface area (Å²) < 4.78 is 7.67. The number of benzene rings is 1. The van der Waals surface area contributed by atoms with Crippen LogP contribution in [0.3, 0.4) is 0 Å². The molecule has 96 valence electrons. The maximum atomic E-state index is 5.91. The Balaban J connectivity index is 2.32. The van der Waals surface area contributed by atoms with Crippen LogP contribution in [0.5, 0.6) is 11.6 Å². The SMILES string of the molecule is Cc1nn(C)c(Oc2ccccc2)c1CC(C)N. The van der Waals surface area contributed by atoms with Crippen LogP contribution in [0.25, 0.3) is 0 Å². The summed E-state index contributed by atoms with van der Waals surface area (Å²) in [6.45, 7) is 3.97. The van der Waals surface area contributed by atoms with E-state index in [-0.39, 0.29) is 6.04 Å². The van der Waals surface area contributed by atoms with Gasteiger partial charge in [0.05, 0.1) is 5.69 Å². The summed E-state index contributed by atoms with van der Waals surface area (Å²) in [6.07, 6.45) is 0.766. The van der Waals surface area contributed by atoms with Crippen molar-refractivity contribution >= 4 is 0 Å². The Morgan fingerprint density at radius 2 is 2.00 bits per heavy atom. The Labute approximate surface area is 107 Å². The molecule has 0 aliphatic carbocycles. The number of hydrogen-bond donors (Lipinski definition) is 1. The van der Waals surface area contributed by atoms with Crippen molar-refractivity contribution in [1.82, 2.24) is 9.78 Å². The molecule has 2 N–H and O–H groups in total. The molecule has 0 bridgehead atoms. The Hall–Kier alpha value is -1.81. The van der Waals surface area contributed by atoms with Crippen LogP contribution in [0.15, 0.2) is 30.3 Å². The highest BCUT2D eigenvalue weighted by atomic mass is 16.5. The Kier molecular flexibility index (Phi) is 3.67. The number of nitrogens with zero attached hydrogens (tertiary/aromatic N) is 2. The van der Waals surface area contributed by atoms with Crippen molar-refractivity contribution in [2.75, 3.05) is 0 Å². The van der Waals surface area contributed by atoms with Gasteiger partial charge in [-0.15, -0.1) is 0 Å². The van der Waals surface area contributed by atoms with Crippen molar-refractivity contribution in [2.24, 2.45) is 12.8 Å². The van der Waals surface area contributed by atoms with Gasteiger partial charge in [-0.25, -0.2) is 4.68 Å². The molecule has 0 aliphatic heterocycles. The van der Waals surface area contributed by atoms with Crippen LogP contribution in [0.1, 0.15) is 18.2 Å². The number of nitrogens with two attached hydrogens (primary N) is 1. The second-order valence-corrected chi connectivity index (χ2v) is 4.59. The maximum Gasteiger partial charge on any atom is 0.221 e. The molecule has 1 heterocycles. The zero-order chi connectivity index (χ0) is 13.1. The first-order valence-electron chi connectivity index (χ1n) is 6.09. The highest BCUT2D eigenvalue weighted by molar-refractivity contribution is 5.36. The lowest BCUT2D eigenvalue weighted by Crippen LogP contribution is -2.18. The fraction of sp³-hybridized carbons (Fsp3) is 0.357. The van der Waals surface area contributed by atoms with Gasteiger partial charge in [-0.1, -0.05) is 18.2 Å². The van der Waals surface area contributed by atoms with Crippen molar-refractivity contribution in [3.63, 3.8) is 0 Å². The third-order valence-corrected chi connectivity index (χ3v) is 2.77. The van der Waals surface area contributed by atoms with Gasteiger partial charge in [-0.05, 0) is 32.4 Å². The summed E-state index contributed by atoms with van der Waals surface area (Å²) in [6, 6.07) is 9.80. The van der Waals surface area contributed by atoms with Crippen LogP contribution in [0.4, 0.5) is 0 Å². The van der Waals surface area contributed by atoms with Gasteiger partial charge in [0.25, 0.3) is 0 Å². The summed E-state index contributed by atoms with van der Waals surface area (Å²) in [5.74, 6) is 1.59. The minimum atomic E-state index is 0.0889. The average molecular weight is 245 g/mol. The fourth-order valence-corrected chi connectivity index (χ4v) is 1.97. The third-order valence-electron chi connectivity index (χ3n) is 2.77. The molecule has 4 heteroatoms. The van der Waals surface area contributed by atoms with Crippen LogP contribution >= 0.6 is 0 Å². The van der Waals surface area contributed by atoms with Gasteiger partial charge in [0.1, 0.15) is 5.75 Å². The molecule has 1 atom stereocenters. The van der Waals surface area contributed by atoms with Crippen LogP contribution in [0.2, 0.25) is 0 Å². The summed E-state index contributed by atoms with van der Waals surface area (Å²) in [5.41, 5.74) is 7.93. The van der Waals surface area contributed by atoms with Gasteiger partial charge < -0.3 is 10.5 Å². The highest BCUT2D eigenvalue weighted by Crippen LogP contribution is 2.27. The second-order valence-electron chi connectivity index (χ2n) is 4.59. The first-order valence-corrected chi connectivity index (χ1v) is 6.09. The summed E-state index contributed by atoms with van der Waals surface area (Å²) in [5, 5.41) is 4.40. The molecule has 0 amide bonds. The van der Waals surface area contributed by atoms with Crippen LogP contribution in [-0.2, 0) is 13.5 Å². The number of aryl methyl sites for hydroxylation is 2. The van der Waals surface area contributed by atoms with E-state index in [1.807, 2.05) is 51.2 Å². The largest absolute Gasteiger partial charge is 0.439 e. The molecular formula is C14H19N3O. The van der Waals surface area contributed by atoms with E-state index in [1.54, 1.807) is 4.68 Å². The topological polar surface area (TPSA) is 53.1 Å². The minimum Gasteiger partial charge on any atom is -0.439 e. The van der Waals surface area contributed by atoms with Gasteiger partial charge in [0.15, 0.2) is 0 Å². The van der Waals surface area contributed by atoms with Crippen molar-refractivity contribution in [3.8, 4) is 11.6 Å². The van der Waals surface area contributed by atoms with Gasteiger partial charge in [-0.2, -0.15) is 5.10 Å². The Bertz CT molecular complexity index is 517. The maximum absolute atomic E-state index is 5.91. The van der Waals surface area contributed by atoms with E-state index in [1.165, 1.54) is 0 Å². The molecule has 18 heavy (non-hydrogen) atoms. The van der Waals surface area contributed by atoms with E-state index in [9.17, 15) is 0 Å². The average Bonchev–Trinajstić information content (AvgIpc) is 2.57. The van der Waals surface area contributed by atoms with Gasteiger partial charge >= 0.3 is 0 Å². The molecule has 0 saturated heterocycles. The highest BCUT2D eigenvalue weighted by Gasteiger charge is 2.16. The molecular weight excluding hydrogens is 226 g/mol. The molecule has 2 rings (SSSR count). The number of ether oxygens (including phenoxy) is 1. The minimum absolute atomic E-state index is 0.0889. The van der Waals surface area contributed by atoms with E-state index < -0.39 is 0 Å². The molecule has 1 aromatic carbocycles. The monoisotopic (exact) mass is 245 g/mol. The van der Waals surface area contributed by atoms with E-state index in [4.69, 9.17) is 10.5 Å². The standard InChI is InChI=1S/C14H19N3O/c1-10(15)9-13-11(2)16-17(3)14(13)18-12-7-5-4-6-8-12/h4-8,10H,9,15H2,1-3H3. The quantitative estimate of drug-likeness (QED) is 0.900. The van der Waals surface area contributed by atoms with Crippen LogP contribution < -0.4 is 10.5 Å². The fourth-order valence-electron chi connectivity index (χ4n) is 1.97. The first-order chi connectivity index (χ1) is 8.58. The van der Waals surface area contributed by atoms with Crippen molar-refractivity contribution < 1.29 is 4.74 Å². The zero-order valence-electron chi connectivity index (χ0n) is 11.1. The van der Waals surface area contributed by atoms with Crippen LogP contribution in [0, 0.1) is 6.92 Å². The predicted octanol–water partition coefficient (Wildman–Crippen LogP) is 2.41. The summed E-state index contributed by atoms with van der Waals surface area (Å²) in [7, 11) is 1.88. The molecule has 1 aromatic heterocycles. The number of hydrogen-bond acceptors (Lipinski definition) is 3. The van der Waals surface area contributed by atoms with Crippen LogP contribution in [-0.4, -0.2) is 15.8 Å². The van der Waals surface area contributed by atoms with Crippen molar-refractivity contribution in [1.29, 1.82) is 0 Å². The number of aromatic nitrogens is 2. The molecule has 4 nitrogen and oxygen atoms in total. The lowest BCUT2D eigenvalue weighted by molar-refractivity contribution is 0.424. The smallest absolute Gasteiger partial charge is 0.221 e. The van der Waals surface area contributed by atoms with Gasteiger partial charge in [0, 0.05) is 18.7 Å². The number of para-hydroxylation sites is 1. The predicted molar refractivity (Wildman–Crippen MR) is 71.8 cm³/mol. The summed E-state index contributed by atoms with van der Waals surface area (Å²) in [4.78, 5) is 0. The lowest BCUT2D eigenvalue weighted by atomic mass is 10.1. The molecule has 2 aromatic rings. The molecule has 0 aliphatic rings. The van der Waals surface area contributed by atoms with Crippen molar-refractivity contribution in [3.05, 3.63) is 41.6 Å². The first kappa shape index (κ1) is 12.6. The van der Waals surface area contributed by atoms with E-state index in [0.29, 0.717) is 0 Å². The van der Waals surface area contributed by atoms with Gasteiger partial charge in [0.2, 0.25) is 5.88 Å². The zero-order valence-corrected chi connectivity index (χ0v) is 11.1. The Morgan fingerprint density at radius 1 is 1.33 bits per heavy atom. The molecule has 0 fully saturated rings. The van der Waals surface area contributed by atoms with E-state index in [0.717, 1.165) is 29.3 Å². The van der Waals surface area contributed by atoms with E-state index >= 15 is 0 Å². The third kappa shape index (κ3) is 2.71.